The van der Waals surface area contributed by atoms with E-state index in [1.165, 1.54) is 7.11 Å². The summed E-state index contributed by atoms with van der Waals surface area (Å²) in [7, 11) is 3.22. The number of unbranched alkanes of at least 4 members (excludes halogenated alkanes) is 2. The summed E-state index contributed by atoms with van der Waals surface area (Å²) in [6, 6.07) is 26.4. The molecule has 0 aliphatic heterocycles. The van der Waals surface area contributed by atoms with Gasteiger partial charge in [-0.15, -0.1) is 0 Å². The zero-order valence-corrected chi connectivity index (χ0v) is 27.9. The van der Waals surface area contributed by atoms with E-state index in [1.807, 2.05) is 73.7 Å². The van der Waals surface area contributed by atoms with E-state index in [0.29, 0.717) is 53.6 Å². The van der Waals surface area contributed by atoms with Gasteiger partial charge in [0.25, 0.3) is 11.8 Å². The number of nitrogens with one attached hydrogen (secondary N) is 1. The average molecular weight is 637 g/mol. The molecule has 8 nitrogen and oxygen atoms in total. The Morgan fingerprint density at radius 2 is 1.62 bits per heavy atom. The summed E-state index contributed by atoms with van der Waals surface area (Å²) >= 11 is 0. The summed E-state index contributed by atoms with van der Waals surface area (Å²) in [4.78, 5) is 40.4. The highest BCUT2D eigenvalue weighted by atomic mass is 16.5. The number of carbonyl (C=O) groups excluding carboxylic acids is 3. The first-order chi connectivity index (χ1) is 22.7. The number of methoxy groups -OCH3 is 1. The summed E-state index contributed by atoms with van der Waals surface area (Å²) in [5.41, 5.74) is 5.86. The number of ether oxygens (including phenoxy) is 3. The fraction of sp³-hybridized carbons (Fsp3) is 0.308. The SMILES string of the molecule is CCOC(=O)CCCCCOc1cc(CC)ccc1N(C)C(=O)c1ccc(NC(=O)c2cc(C)ccc2-c2ccccc2)c(OC)c1. The van der Waals surface area contributed by atoms with Crippen LogP contribution in [0.25, 0.3) is 11.1 Å². The van der Waals surface area contributed by atoms with Gasteiger partial charge in [0.2, 0.25) is 0 Å². The number of hydrogen-bond donors (Lipinski definition) is 1. The number of aryl methyl sites for hydroxylation is 2. The van der Waals surface area contributed by atoms with Gasteiger partial charge < -0.3 is 24.4 Å². The fourth-order valence-electron chi connectivity index (χ4n) is 5.27. The van der Waals surface area contributed by atoms with Crippen LogP contribution in [0.15, 0.2) is 84.9 Å². The van der Waals surface area contributed by atoms with E-state index in [0.717, 1.165) is 47.9 Å². The largest absolute Gasteiger partial charge is 0.495 e. The van der Waals surface area contributed by atoms with Gasteiger partial charge in [0.05, 0.1) is 31.7 Å². The van der Waals surface area contributed by atoms with Crippen LogP contribution in [0.1, 0.15) is 71.4 Å². The van der Waals surface area contributed by atoms with Crippen molar-refractivity contribution in [3.63, 3.8) is 0 Å². The lowest BCUT2D eigenvalue weighted by atomic mass is 9.97. The Morgan fingerprint density at radius 1 is 0.830 bits per heavy atom. The summed E-state index contributed by atoms with van der Waals surface area (Å²) in [6.07, 6.45) is 3.56. The predicted octanol–water partition coefficient (Wildman–Crippen LogP) is 8.26. The van der Waals surface area contributed by atoms with E-state index < -0.39 is 0 Å². The van der Waals surface area contributed by atoms with Crippen LogP contribution < -0.4 is 19.7 Å². The molecular weight excluding hydrogens is 592 g/mol. The summed E-state index contributed by atoms with van der Waals surface area (Å²) in [5.74, 6) is 0.276. The number of rotatable bonds is 15. The van der Waals surface area contributed by atoms with Crippen molar-refractivity contribution in [1.82, 2.24) is 0 Å². The highest BCUT2D eigenvalue weighted by Gasteiger charge is 2.21. The second-order valence-corrected chi connectivity index (χ2v) is 11.3. The van der Waals surface area contributed by atoms with Crippen molar-refractivity contribution in [2.24, 2.45) is 0 Å². The number of nitrogens with zero attached hydrogens (tertiary/aromatic N) is 1. The van der Waals surface area contributed by atoms with Gasteiger partial charge in [0.1, 0.15) is 11.5 Å². The first-order valence-electron chi connectivity index (χ1n) is 16.1. The second-order valence-electron chi connectivity index (χ2n) is 11.3. The van der Waals surface area contributed by atoms with Crippen molar-refractivity contribution in [1.29, 1.82) is 0 Å². The average Bonchev–Trinajstić information content (AvgIpc) is 3.09. The normalized spacial score (nSPS) is 10.7. The number of esters is 1. The van der Waals surface area contributed by atoms with Crippen LogP contribution in [0, 0.1) is 6.92 Å². The van der Waals surface area contributed by atoms with E-state index in [-0.39, 0.29) is 17.8 Å². The molecule has 0 saturated carbocycles. The van der Waals surface area contributed by atoms with Gasteiger partial charge in [-0.05, 0) is 92.6 Å². The molecule has 0 aliphatic carbocycles. The third-order valence-corrected chi connectivity index (χ3v) is 7.89. The molecule has 0 aliphatic rings. The molecule has 4 rings (SSSR count). The number of anilines is 2. The molecule has 0 radical (unpaired) electrons. The van der Waals surface area contributed by atoms with Gasteiger partial charge in [-0.25, -0.2) is 0 Å². The first-order valence-corrected chi connectivity index (χ1v) is 16.1. The molecule has 246 valence electrons. The van der Waals surface area contributed by atoms with E-state index in [4.69, 9.17) is 14.2 Å². The number of hydrogen-bond acceptors (Lipinski definition) is 6. The zero-order chi connectivity index (χ0) is 33.8. The third kappa shape index (κ3) is 9.22. The van der Waals surface area contributed by atoms with E-state index in [2.05, 4.69) is 12.2 Å². The molecule has 0 saturated heterocycles. The maximum absolute atomic E-state index is 13.7. The zero-order valence-electron chi connectivity index (χ0n) is 27.9. The highest BCUT2D eigenvalue weighted by molar-refractivity contribution is 6.10. The van der Waals surface area contributed by atoms with Crippen molar-refractivity contribution >= 4 is 29.2 Å². The Morgan fingerprint density at radius 3 is 2.34 bits per heavy atom. The molecule has 1 N–H and O–H groups in total. The Hall–Kier alpha value is -5.11. The Balaban J connectivity index is 1.48. The molecule has 0 atom stereocenters. The minimum Gasteiger partial charge on any atom is -0.495 e. The number of carbonyl (C=O) groups is 3. The van der Waals surface area contributed by atoms with Gasteiger partial charge in [-0.3, -0.25) is 14.4 Å². The van der Waals surface area contributed by atoms with E-state index in [9.17, 15) is 14.4 Å². The molecule has 8 heteroatoms. The molecule has 0 fully saturated rings. The number of benzene rings is 4. The van der Waals surface area contributed by atoms with Gasteiger partial charge >= 0.3 is 5.97 Å². The molecule has 4 aromatic rings. The highest BCUT2D eigenvalue weighted by Crippen LogP contribution is 2.33. The maximum Gasteiger partial charge on any atom is 0.305 e. The van der Waals surface area contributed by atoms with Crippen LogP contribution in [-0.4, -0.2) is 45.2 Å². The third-order valence-electron chi connectivity index (χ3n) is 7.89. The fourth-order valence-corrected chi connectivity index (χ4v) is 5.27. The standard InChI is InChI=1S/C39H44N2O6/c1-6-28-18-22-34(36(25-28)47-23-13-9-12-16-37(42)46-7-2)41(4)39(44)30-19-21-33(35(26-30)45-5)40-38(43)32-24-27(3)17-20-31(32)29-14-10-8-11-15-29/h8,10-11,14-15,17-22,24-26H,6-7,9,12-13,16,23H2,1-5H3,(H,40,43). The minimum atomic E-state index is -0.277. The van der Waals surface area contributed by atoms with Crippen LogP contribution in [0.3, 0.4) is 0 Å². The molecule has 0 unspecified atom stereocenters. The van der Waals surface area contributed by atoms with Gasteiger partial charge in [-0.1, -0.05) is 61.0 Å². The minimum absolute atomic E-state index is 0.179. The smallest absolute Gasteiger partial charge is 0.305 e. The number of amides is 2. The monoisotopic (exact) mass is 636 g/mol. The molecule has 4 aromatic carbocycles. The van der Waals surface area contributed by atoms with Crippen molar-refractivity contribution < 1.29 is 28.6 Å². The van der Waals surface area contributed by atoms with Crippen molar-refractivity contribution in [2.75, 3.05) is 37.6 Å². The summed E-state index contributed by atoms with van der Waals surface area (Å²) in [6.45, 7) is 6.67. The molecule has 0 bridgehead atoms. The molecule has 47 heavy (non-hydrogen) atoms. The van der Waals surface area contributed by atoms with Crippen molar-refractivity contribution in [3.8, 4) is 22.6 Å². The van der Waals surface area contributed by atoms with E-state index in [1.54, 1.807) is 37.1 Å². The molecular formula is C39H44N2O6. The molecule has 0 aromatic heterocycles. The van der Waals surface area contributed by atoms with Crippen molar-refractivity contribution in [2.45, 2.75) is 52.9 Å². The predicted molar refractivity (Wildman–Crippen MR) is 187 cm³/mol. The molecule has 2 amide bonds. The molecule has 0 heterocycles. The van der Waals surface area contributed by atoms with Crippen LogP contribution >= 0.6 is 0 Å². The first kappa shape index (κ1) is 34.8. The maximum atomic E-state index is 13.7. The molecule has 0 spiro atoms. The lowest BCUT2D eigenvalue weighted by Gasteiger charge is -2.22. The Bertz CT molecular complexity index is 1680. The Kier molecular flexibility index (Phi) is 12.6. The van der Waals surface area contributed by atoms with Gasteiger partial charge in [0.15, 0.2) is 0 Å². The van der Waals surface area contributed by atoms with Crippen LogP contribution in [-0.2, 0) is 16.0 Å². The topological polar surface area (TPSA) is 94.2 Å². The van der Waals surface area contributed by atoms with Gasteiger partial charge in [0, 0.05) is 24.6 Å². The van der Waals surface area contributed by atoms with Crippen LogP contribution in [0.5, 0.6) is 11.5 Å². The second kappa shape index (κ2) is 17.0. The lowest BCUT2D eigenvalue weighted by Crippen LogP contribution is -2.27. The summed E-state index contributed by atoms with van der Waals surface area (Å²) in [5, 5.41) is 2.98. The summed E-state index contributed by atoms with van der Waals surface area (Å²) < 4.78 is 16.8. The van der Waals surface area contributed by atoms with Crippen molar-refractivity contribution in [3.05, 3.63) is 107 Å². The Labute approximate surface area is 277 Å². The quantitative estimate of drug-likeness (QED) is 0.104. The lowest BCUT2D eigenvalue weighted by molar-refractivity contribution is -0.143. The van der Waals surface area contributed by atoms with E-state index >= 15 is 0 Å². The van der Waals surface area contributed by atoms with Crippen LogP contribution in [0.4, 0.5) is 11.4 Å². The van der Waals surface area contributed by atoms with Gasteiger partial charge in [-0.2, -0.15) is 0 Å². The van der Waals surface area contributed by atoms with Crippen LogP contribution in [0.2, 0.25) is 0 Å².